The third kappa shape index (κ3) is 7.07. The first kappa shape index (κ1) is 26.2. The molecule has 2 aromatic carbocycles. The van der Waals surface area contributed by atoms with Gasteiger partial charge in [0.2, 0.25) is 11.8 Å². The Hall–Kier alpha value is -3.36. The fraction of sp³-hybridized carbons (Fsp3) is 0.407. The van der Waals surface area contributed by atoms with Gasteiger partial charge in [-0.05, 0) is 82.6 Å². The molecule has 3 rings (SSSR count). The molecule has 0 saturated carbocycles. The van der Waals surface area contributed by atoms with E-state index in [4.69, 9.17) is 0 Å². The number of carbonyl (C=O) groups is 4. The van der Waals surface area contributed by atoms with Crippen molar-refractivity contribution < 1.29 is 19.2 Å². The topological polar surface area (TPSA) is 98.8 Å². The van der Waals surface area contributed by atoms with Crippen molar-refractivity contribution in [3.05, 3.63) is 59.7 Å². The van der Waals surface area contributed by atoms with Crippen LogP contribution in [0.1, 0.15) is 54.8 Å². The Morgan fingerprint density at radius 2 is 0.971 bits per heavy atom. The van der Waals surface area contributed by atoms with Crippen LogP contribution in [0.4, 0.5) is 11.4 Å². The van der Waals surface area contributed by atoms with Gasteiger partial charge in [-0.3, -0.25) is 29.0 Å². The van der Waals surface area contributed by atoms with E-state index >= 15 is 0 Å². The maximum atomic E-state index is 12.8. The highest BCUT2D eigenvalue weighted by atomic mass is 16.2. The van der Waals surface area contributed by atoms with E-state index in [0.717, 1.165) is 19.5 Å². The van der Waals surface area contributed by atoms with Crippen LogP contribution in [0.3, 0.4) is 0 Å². The van der Waals surface area contributed by atoms with Crippen molar-refractivity contribution in [1.29, 1.82) is 0 Å². The number of ketones is 2. The Morgan fingerprint density at radius 3 is 1.29 bits per heavy atom. The summed E-state index contributed by atoms with van der Waals surface area (Å²) in [5.41, 5.74) is 2.53. The molecule has 1 aliphatic rings. The summed E-state index contributed by atoms with van der Waals surface area (Å²) in [4.78, 5) is 52.8. The number of anilines is 2. The Balaban J connectivity index is 1.52. The van der Waals surface area contributed by atoms with Crippen LogP contribution in [0, 0.1) is 0 Å². The molecule has 8 nitrogen and oxygen atoms in total. The lowest BCUT2D eigenvalue weighted by molar-refractivity contribution is -0.122. The van der Waals surface area contributed by atoms with Crippen molar-refractivity contribution in [1.82, 2.24) is 9.80 Å². The van der Waals surface area contributed by atoms with Gasteiger partial charge in [-0.15, -0.1) is 0 Å². The van der Waals surface area contributed by atoms with E-state index in [1.54, 1.807) is 48.5 Å². The van der Waals surface area contributed by atoms with E-state index in [-0.39, 0.29) is 35.5 Å². The smallest absolute Gasteiger partial charge is 0.241 e. The number of hydrogen-bond acceptors (Lipinski definition) is 6. The maximum Gasteiger partial charge on any atom is 0.241 e. The van der Waals surface area contributed by atoms with Gasteiger partial charge in [-0.2, -0.15) is 0 Å². The molecular formula is C27H34N4O4. The first-order chi connectivity index (χ1) is 16.7. The summed E-state index contributed by atoms with van der Waals surface area (Å²) in [5.74, 6) is -0.235. The molecule has 8 heteroatoms. The molecule has 2 amide bonds. The average molecular weight is 479 g/mol. The molecule has 2 aromatic rings. The standard InChI is InChI=1S/C27H34N4O4/c1-18(26(34)28-24-10-6-22(7-11-24)20(3)32)30-14-5-15-31(17-16-30)19(2)27(35)29-25-12-8-23(9-13-25)21(4)33/h6-13,18-19H,5,14-17H2,1-4H3,(H,28,34)(H,29,35)/t18-,19-/m0/s1. The number of benzene rings is 2. The summed E-state index contributed by atoms with van der Waals surface area (Å²) in [6.45, 7) is 9.65. The Kier molecular flexibility index (Phi) is 8.89. The summed E-state index contributed by atoms with van der Waals surface area (Å²) in [6, 6.07) is 13.1. The molecule has 0 aliphatic carbocycles. The molecule has 1 heterocycles. The van der Waals surface area contributed by atoms with Gasteiger partial charge in [0.25, 0.3) is 0 Å². The second-order valence-corrected chi connectivity index (χ2v) is 9.02. The number of Topliss-reactive ketones (excluding diaryl/α,β-unsaturated/α-hetero) is 2. The summed E-state index contributed by atoms with van der Waals surface area (Å²) in [6.07, 6.45) is 0.843. The fourth-order valence-corrected chi connectivity index (χ4v) is 4.13. The second kappa shape index (κ2) is 11.9. The Labute approximate surface area is 206 Å². The highest BCUT2D eigenvalue weighted by molar-refractivity contribution is 5.98. The molecule has 1 fully saturated rings. The number of carbonyl (C=O) groups excluding carboxylic acids is 4. The molecular weight excluding hydrogens is 444 g/mol. The van der Waals surface area contributed by atoms with Crippen molar-refractivity contribution in [3.8, 4) is 0 Å². The molecule has 35 heavy (non-hydrogen) atoms. The Bertz CT molecular complexity index is 980. The number of nitrogens with zero attached hydrogens (tertiary/aromatic N) is 2. The van der Waals surface area contributed by atoms with Gasteiger partial charge in [-0.25, -0.2) is 0 Å². The minimum Gasteiger partial charge on any atom is -0.325 e. The van der Waals surface area contributed by atoms with E-state index < -0.39 is 0 Å². The normalized spacial score (nSPS) is 16.6. The number of nitrogens with one attached hydrogen (secondary N) is 2. The molecule has 0 aromatic heterocycles. The first-order valence-corrected chi connectivity index (χ1v) is 12.0. The maximum absolute atomic E-state index is 12.8. The van der Waals surface area contributed by atoms with E-state index in [1.165, 1.54) is 13.8 Å². The highest BCUT2D eigenvalue weighted by Crippen LogP contribution is 2.16. The summed E-state index contributed by atoms with van der Waals surface area (Å²) < 4.78 is 0. The fourth-order valence-electron chi connectivity index (χ4n) is 4.13. The number of hydrogen-bond donors (Lipinski definition) is 2. The lowest BCUT2D eigenvalue weighted by Crippen LogP contribution is -2.46. The monoisotopic (exact) mass is 478 g/mol. The molecule has 0 spiro atoms. The van der Waals surface area contributed by atoms with Crippen LogP contribution in [0.25, 0.3) is 0 Å². The predicted octanol–water partition coefficient (Wildman–Crippen LogP) is 3.45. The van der Waals surface area contributed by atoms with Gasteiger partial charge < -0.3 is 10.6 Å². The van der Waals surface area contributed by atoms with Crippen LogP contribution in [0.2, 0.25) is 0 Å². The van der Waals surface area contributed by atoms with Gasteiger partial charge >= 0.3 is 0 Å². The summed E-state index contributed by atoms with van der Waals surface area (Å²) >= 11 is 0. The van der Waals surface area contributed by atoms with Crippen molar-refractivity contribution in [2.24, 2.45) is 0 Å². The highest BCUT2D eigenvalue weighted by Gasteiger charge is 2.28. The van der Waals surface area contributed by atoms with Gasteiger partial charge in [0.05, 0.1) is 12.1 Å². The van der Waals surface area contributed by atoms with Crippen LogP contribution in [0.15, 0.2) is 48.5 Å². The molecule has 2 atom stereocenters. The van der Waals surface area contributed by atoms with Crippen molar-refractivity contribution in [3.63, 3.8) is 0 Å². The van der Waals surface area contributed by atoms with Crippen LogP contribution in [0.5, 0.6) is 0 Å². The average Bonchev–Trinajstić information content (AvgIpc) is 3.10. The lowest BCUT2D eigenvalue weighted by atomic mass is 10.1. The molecule has 2 N–H and O–H groups in total. The van der Waals surface area contributed by atoms with E-state index in [2.05, 4.69) is 20.4 Å². The quantitative estimate of drug-likeness (QED) is 0.564. The first-order valence-electron chi connectivity index (χ1n) is 12.0. The zero-order valence-electron chi connectivity index (χ0n) is 20.8. The molecule has 186 valence electrons. The second-order valence-electron chi connectivity index (χ2n) is 9.02. The van der Waals surface area contributed by atoms with Crippen LogP contribution in [-0.4, -0.2) is 71.4 Å². The Morgan fingerprint density at radius 1 is 0.629 bits per heavy atom. The minimum atomic E-state index is -0.327. The number of rotatable bonds is 8. The summed E-state index contributed by atoms with van der Waals surface area (Å²) in [5, 5.41) is 5.85. The van der Waals surface area contributed by atoms with Crippen LogP contribution < -0.4 is 10.6 Å². The molecule has 1 aliphatic heterocycles. The molecule has 0 radical (unpaired) electrons. The molecule has 1 saturated heterocycles. The SMILES string of the molecule is CC(=O)c1ccc(NC(=O)[C@H](C)N2CCCN([C@@H](C)C(=O)Nc3ccc(C(C)=O)cc3)CC2)cc1. The van der Waals surface area contributed by atoms with Crippen molar-refractivity contribution >= 4 is 34.8 Å². The predicted molar refractivity (Wildman–Crippen MR) is 137 cm³/mol. The third-order valence-electron chi connectivity index (χ3n) is 6.54. The van der Waals surface area contributed by atoms with Gasteiger partial charge in [0, 0.05) is 48.7 Å². The summed E-state index contributed by atoms with van der Waals surface area (Å²) in [7, 11) is 0. The number of amides is 2. The zero-order chi connectivity index (χ0) is 25.5. The van der Waals surface area contributed by atoms with Crippen LogP contribution >= 0.6 is 0 Å². The molecule has 0 unspecified atom stereocenters. The largest absolute Gasteiger partial charge is 0.325 e. The minimum absolute atomic E-state index is 0.0147. The lowest BCUT2D eigenvalue weighted by Gasteiger charge is -2.28. The van der Waals surface area contributed by atoms with Crippen molar-refractivity contribution in [2.45, 2.75) is 46.2 Å². The zero-order valence-corrected chi connectivity index (χ0v) is 20.8. The third-order valence-corrected chi connectivity index (χ3v) is 6.54. The van der Waals surface area contributed by atoms with Gasteiger partial charge in [-0.1, -0.05) is 0 Å². The van der Waals surface area contributed by atoms with Gasteiger partial charge in [0.1, 0.15) is 0 Å². The van der Waals surface area contributed by atoms with E-state index in [9.17, 15) is 19.2 Å². The van der Waals surface area contributed by atoms with Gasteiger partial charge in [0.15, 0.2) is 11.6 Å². The molecule has 0 bridgehead atoms. The van der Waals surface area contributed by atoms with E-state index in [1.807, 2.05) is 13.8 Å². The van der Waals surface area contributed by atoms with Crippen LogP contribution in [-0.2, 0) is 9.59 Å². The van der Waals surface area contributed by atoms with Crippen molar-refractivity contribution in [2.75, 3.05) is 36.8 Å². The van der Waals surface area contributed by atoms with E-state index in [0.29, 0.717) is 35.6 Å².